The van der Waals surface area contributed by atoms with Crippen LogP contribution in [0.15, 0.2) is 47.1 Å². The lowest BCUT2D eigenvalue weighted by Gasteiger charge is -2.26. The zero-order valence-corrected chi connectivity index (χ0v) is 16.8. The molecule has 26 heavy (non-hydrogen) atoms. The number of furan rings is 1. The van der Waals surface area contributed by atoms with Crippen LogP contribution in [-0.2, 0) is 6.54 Å². The summed E-state index contributed by atoms with van der Waals surface area (Å²) in [5, 5.41) is 4.02. The van der Waals surface area contributed by atoms with Crippen LogP contribution < -0.4 is 15.0 Å². The lowest BCUT2D eigenvalue weighted by molar-refractivity contribution is -0.896. The number of quaternary nitrogens is 1. The second kappa shape index (κ2) is 10.8. The number of rotatable bonds is 10. The van der Waals surface area contributed by atoms with Crippen LogP contribution in [0.25, 0.3) is 0 Å². The molecule has 0 bridgehead atoms. The predicted molar refractivity (Wildman–Crippen MR) is 110 cm³/mol. The summed E-state index contributed by atoms with van der Waals surface area (Å²) in [6, 6.07) is 11.7. The van der Waals surface area contributed by atoms with E-state index in [1.807, 2.05) is 36.4 Å². The van der Waals surface area contributed by atoms with E-state index < -0.39 is 0 Å². The molecule has 1 heterocycles. The fraction of sp³-hybridized carbons (Fsp3) is 0.450. The molecule has 2 rings (SSSR count). The van der Waals surface area contributed by atoms with Crippen molar-refractivity contribution in [2.75, 3.05) is 38.6 Å². The molecule has 0 amide bonds. The number of thiocarbonyl (C=S) groups is 1. The highest BCUT2D eigenvalue weighted by atomic mass is 32.1. The molecule has 0 aliphatic heterocycles. The quantitative estimate of drug-likeness (QED) is 0.624. The van der Waals surface area contributed by atoms with Gasteiger partial charge in [-0.15, -0.1) is 0 Å². The number of hydrogen-bond acceptors (Lipinski definition) is 3. The van der Waals surface area contributed by atoms with Crippen LogP contribution in [0, 0.1) is 0 Å². The number of nitrogens with zero attached hydrogens (tertiary/aromatic N) is 1. The van der Waals surface area contributed by atoms with E-state index in [1.165, 1.54) is 0 Å². The molecule has 0 unspecified atom stereocenters. The topological polar surface area (TPSA) is 42.1 Å². The van der Waals surface area contributed by atoms with E-state index >= 15 is 0 Å². The predicted octanol–water partition coefficient (Wildman–Crippen LogP) is 2.80. The first-order chi connectivity index (χ1) is 12.7. The average Bonchev–Trinajstić information content (AvgIpc) is 3.17. The van der Waals surface area contributed by atoms with E-state index in [9.17, 15) is 0 Å². The van der Waals surface area contributed by atoms with E-state index in [4.69, 9.17) is 21.4 Å². The minimum absolute atomic E-state index is 0.663. The van der Waals surface area contributed by atoms with Crippen LogP contribution in [0.4, 0.5) is 5.69 Å². The Labute approximate surface area is 161 Å². The maximum absolute atomic E-state index is 5.67. The zero-order chi connectivity index (χ0) is 18.8. The van der Waals surface area contributed by atoms with Crippen molar-refractivity contribution in [1.29, 1.82) is 0 Å². The van der Waals surface area contributed by atoms with Gasteiger partial charge in [-0.3, -0.25) is 0 Å². The Balaban J connectivity index is 2.00. The fourth-order valence-electron chi connectivity index (χ4n) is 2.87. The van der Waals surface area contributed by atoms with Crippen molar-refractivity contribution in [3.8, 4) is 5.75 Å². The Morgan fingerprint density at radius 3 is 2.69 bits per heavy atom. The number of methoxy groups -OCH3 is 1. The molecule has 0 saturated heterocycles. The van der Waals surface area contributed by atoms with Gasteiger partial charge >= 0.3 is 0 Å². The minimum Gasteiger partial charge on any atom is -0.497 e. The number of nitrogens with one attached hydrogen (secondary N) is 2. The van der Waals surface area contributed by atoms with Crippen LogP contribution in [0.3, 0.4) is 0 Å². The molecular weight excluding hydrogens is 346 g/mol. The molecule has 1 aromatic heterocycles. The summed E-state index contributed by atoms with van der Waals surface area (Å²) >= 11 is 5.67. The van der Waals surface area contributed by atoms with Gasteiger partial charge in [0.25, 0.3) is 0 Å². The van der Waals surface area contributed by atoms with Crippen molar-refractivity contribution in [3.63, 3.8) is 0 Å². The highest BCUT2D eigenvalue weighted by Crippen LogP contribution is 2.18. The Morgan fingerprint density at radius 1 is 1.23 bits per heavy atom. The fourth-order valence-corrected chi connectivity index (χ4v) is 3.14. The van der Waals surface area contributed by atoms with Gasteiger partial charge in [-0.05, 0) is 50.3 Å². The second-order valence-corrected chi connectivity index (χ2v) is 6.61. The first-order valence-corrected chi connectivity index (χ1v) is 9.63. The summed E-state index contributed by atoms with van der Waals surface area (Å²) < 4.78 is 10.8. The number of benzene rings is 1. The van der Waals surface area contributed by atoms with Gasteiger partial charge in [0.1, 0.15) is 11.5 Å². The van der Waals surface area contributed by atoms with Crippen molar-refractivity contribution in [2.45, 2.75) is 26.8 Å². The Bertz CT molecular complexity index is 657. The molecule has 0 fully saturated rings. The third-order valence-electron chi connectivity index (χ3n) is 4.49. The van der Waals surface area contributed by atoms with Crippen LogP contribution in [0.1, 0.15) is 26.0 Å². The summed E-state index contributed by atoms with van der Waals surface area (Å²) in [5.74, 6) is 1.72. The van der Waals surface area contributed by atoms with Crippen LogP contribution in [0.2, 0.25) is 0 Å². The average molecular weight is 377 g/mol. The third-order valence-corrected chi connectivity index (χ3v) is 4.85. The van der Waals surface area contributed by atoms with Gasteiger partial charge in [0, 0.05) is 24.7 Å². The molecule has 0 aliphatic rings. The van der Waals surface area contributed by atoms with E-state index in [0.717, 1.165) is 49.8 Å². The largest absolute Gasteiger partial charge is 0.497 e. The lowest BCUT2D eigenvalue weighted by atomic mass is 10.3. The molecule has 1 aromatic carbocycles. The molecular formula is C20H30N3O2S+. The first-order valence-electron chi connectivity index (χ1n) is 9.22. The minimum atomic E-state index is 0.663. The monoisotopic (exact) mass is 376 g/mol. The lowest BCUT2D eigenvalue weighted by Crippen LogP contribution is -3.11. The van der Waals surface area contributed by atoms with Crippen LogP contribution in [0.5, 0.6) is 5.75 Å². The summed E-state index contributed by atoms with van der Waals surface area (Å²) in [5.41, 5.74) is 0.924. The first kappa shape index (κ1) is 20.3. The van der Waals surface area contributed by atoms with Crippen molar-refractivity contribution in [1.82, 2.24) is 4.90 Å². The van der Waals surface area contributed by atoms with Crippen molar-refractivity contribution >= 4 is 23.0 Å². The van der Waals surface area contributed by atoms with Crippen molar-refractivity contribution in [3.05, 3.63) is 48.4 Å². The van der Waals surface area contributed by atoms with E-state index in [2.05, 4.69) is 24.1 Å². The summed E-state index contributed by atoms with van der Waals surface area (Å²) in [6.45, 7) is 9.46. The normalized spacial score (nSPS) is 10.8. The standard InChI is InChI=1S/C20H29N3O2S/c1-4-22(5-2)12-8-13-23(16-19-11-7-14-25-19)20(26)21-17-9-6-10-18(15-17)24-3/h6-7,9-11,14-15H,4-5,8,12-13,16H2,1-3H3,(H,21,26)/p+1. The molecule has 2 aromatic rings. The summed E-state index contributed by atoms with van der Waals surface area (Å²) in [6.07, 6.45) is 2.78. The molecule has 0 saturated carbocycles. The molecule has 2 N–H and O–H groups in total. The molecule has 0 atom stereocenters. The molecule has 0 radical (unpaired) electrons. The van der Waals surface area contributed by atoms with Crippen LogP contribution >= 0.6 is 12.2 Å². The van der Waals surface area contributed by atoms with Gasteiger partial charge in [-0.25, -0.2) is 0 Å². The zero-order valence-electron chi connectivity index (χ0n) is 16.0. The van der Waals surface area contributed by atoms with Gasteiger partial charge in [-0.2, -0.15) is 0 Å². The number of anilines is 1. The van der Waals surface area contributed by atoms with Crippen LogP contribution in [-0.4, -0.2) is 43.3 Å². The number of hydrogen-bond donors (Lipinski definition) is 2. The van der Waals surface area contributed by atoms with E-state index in [0.29, 0.717) is 11.7 Å². The number of ether oxygens (including phenoxy) is 1. The highest BCUT2D eigenvalue weighted by Gasteiger charge is 2.14. The SMILES string of the molecule is CC[NH+](CC)CCCN(Cc1ccco1)C(=S)Nc1cccc(OC)c1. The van der Waals surface area contributed by atoms with E-state index in [1.54, 1.807) is 18.3 Å². The third kappa shape index (κ3) is 6.35. The Kier molecular flexibility index (Phi) is 8.44. The molecule has 0 aliphatic carbocycles. The van der Waals surface area contributed by atoms with Gasteiger partial charge in [0.2, 0.25) is 0 Å². The maximum Gasteiger partial charge on any atom is 0.173 e. The van der Waals surface area contributed by atoms with Crippen molar-refractivity contribution in [2.24, 2.45) is 0 Å². The van der Waals surface area contributed by atoms with Gasteiger partial charge in [0.15, 0.2) is 5.11 Å². The Hall–Kier alpha value is -2.05. The summed E-state index contributed by atoms with van der Waals surface area (Å²) in [4.78, 5) is 3.77. The van der Waals surface area contributed by atoms with Crippen molar-refractivity contribution < 1.29 is 14.1 Å². The van der Waals surface area contributed by atoms with Gasteiger partial charge in [-0.1, -0.05) is 6.07 Å². The maximum atomic E-state index is 5.67. The Morgan fingerprint density at radius 2 is 2.04 bits per heavy atom. The smallest absolute Gasteiger partial charge is 0.173 e. The van der Waals surface area contributed by atoms with Gasteiger partial charge in [0.05, 0.1) is 39.6 Å². The molecule has 6 heteroatoms. The molecule has 142 valence electrons. The molecule has 5 nitrogen and oxygen atoms in total. The second-order valence-electron chi connectivity index (χ2n) is 6.22. The van der Waals surface area contributed by atoms with E-state index in [-0.39, 0.29) is 0 Å². The summed E-state index contributed by atoms with van der Waals surface area (Å²) in [7, 11) is 1.66. The highest BCUT2D eigenvalue weighted by molar-refractivity contribution is 7.80. The van der Waals surface area contributed by atoms with Gasteiger partial charge < -0.3 is 24.3 Å². The molecule has 0 spiro atoms.